The van der Waals surface area contributed by atoms with Crippen LogP contribution in [-0.4, -0.2) is 47.8 Å². The van der Waals surface area contributed by atoms with Gasteiger partial charge in [-0.15, -0.1) is 0 Å². The summed E-state index contributed by atoms with van der Waals surface area (Å²) in [5.41, 5.74) is 0.678. The lowest BCUT2D eigenvalue weighted by molar-refractivity contribution is -0.384. The summed E-state index contributed by atoms with van der Waals surface area (Å²) in [6.07, 6.45) is 7.36. The molecule has 1 aliphatic heterocycles. The van der Waals surface area contributed by atoms with Gasteiger partial charge < -0.3 is 15.0 Å². The van der Waals surface area contributed by atoms with Crippen molar-refractivity contribution in [3.8, 4) is 0 Å². The molecule has 0 radical (unpaired) electrons. The van der Waals surface area contributed by atoms with Crippen LogP contribution in [0.15, 0.2) is 18.2 Å². The van der Waals surface area contributed by atoms with Crippen LogP contribution in [0.25, 0.3) is 0 Å². The lowest BCUT2D eigenvalue weighted by atomic mass is 9.53. The Bertz CT molecular complexity index is 879. The minimum Gasteiger partial charge on any atom is -0.378 e. The third-order valence-corrected chi connectivity index (χ3v) is 7.63. The van der Waals surface area contributed by atoms with Gasteiger partial charge in [-0.25, -0.2) is 0 Å². The molecule has 166 valence electrons. The van der Waals surface area contributed by atoms with Gasteiger partial charge in [-0.05, 0) is 80.6 Å². The van der Waals surface area contributed by atoms with Gasteiger partial charge >= 0.3 is 0 Å². The van der Waals surface area contributed by atoms with Gasteiger partial charge in [-0.3, -0.25) is 20.2 Å². The first-order chi connectivity index (χ1) is 14.9. The molecule has 1 amide bonds. The first-order valence-electron chi connectivity index (χ1n) is 11.2. The summed E-state index contributed by atoms with van der Waals surface area (Å²) in [7, 11) is 0. The van der Waals surface area contributed by atoms with Gasteiger partial charge in [0.25, 0.3) is 11.6 Å². The predicted molar refractivity (Wildman–Crippen MR) is 120 cm³/mol. The molecule has 1 aromatic rings. The molecule has 0 spiro atoms. The lowest BCUT2D eigenvalue weighted by Crippen LogP contribution is -2.61. The molecule has 1 saturated heterocycles. The van der Waals surface area contributed by atoms with Crippen molar-refractivity contribution in [2.24, 2.45) is 17.8 Å². The monoisotopic (exact) mass is 444 g/mol. The van der Waals surface area contributed by atoms with Gasteiger partial charge in [0.2, 0.25) is 0 Å². The van der Waals surface area contributed by atoms with E-state index in [-0.39, 0.29) is 16.8 Å². The smallest absolute Gasteiger partial charge is 0.293 e. The van der Waals surface area contributed by atoms with Crippen molar-refractivity contribution in [3.05, 3.63) is 33.9 Å². The van der Waals surface area contributed by atoms with Gasteiger partial charge in [0, 0.05) is 30.3 Å². The van der Waals surface area contributed by atoms with Gasteiger partial charge in [-0.1, -0.05) is 0 Å². The SMILES string of the molecule is O=C(NC(=S)NC12CC3CC(CC(C3)C1)C2)c1ccc(N2CCOCC2)c([N+](=O)[O-])c1. The summed E-state index contributed by atoms with van der Waals surface area (Å²) in [6.45, 7) is 2.24. The number of nitro benzene ring substituents is 1. The van der Waals surface area contributed by atoms with Gasteiger partial charge in [0.05, 0.1) is 18.1 Å². The molecular formula is C22H28N4O4S. The van der Waals surface area contributed by atoms with E-state index in [0.29, 0.717) is 37.1 Å². The zero-order valence-electron chi connectivity index (χ0n) is 17.5. The van der Waals surface area contributed by atoms with Crippen molar-refractivity contribution < 1.29 is 14.5 Å². The number of hydrogen-bond donors (Lipinski definition) is 2. The second-order valence-electron chi connectivity index (χ2n) is 9.67. The maximum Gasteiger partial charge on any atom is 0.293 e. The van der Waals surface area contributed by atoms with Crippen molar-refractivity contribution in [2.45, 2.75) is 44.1 Å². The predicted octanol–water partition coefficient (Wildman–Crippen LogP) is 3.00. The van der Waals surface area contributed by atoms with Gasteiger partial charge in [-0.2, -0.15) is 0 Å². The first-order valence-corrected chi connectivity index (χ1v) is 11.6. The molecule has 2 N–H and O–H groups in total. The van der Waals surface area contributed by atoms with E-state index in [4.69, 9.17) is 17.0 Å². The second-order valence-corrected chi connectivity index (χ2v) is 10.1. The quantitative estimate of drug-likeness (QED) is 0.419. The van der Waals surface area contributed by atoms with Crippen LogP contribution in [-0.2, 0) is 4.74 Å². The van der Waals surface area contributed by atoms with E-state index in [1.165, 1.54) is 25.3 Å². The van der Waals surface area contributed by atoms with E-state index in [0.717, 1.165) is 37.0 Å². The summed E-state index contributed by atoms with van der Waals surface area (Å²) < 4.78 is 5.33. The molecule has 6 rings (SSSR count). The highest BCUT2D eigenvalue weighted by molar-refractivity contribution is 7.80. The zero-order chi connectivity index (χ0) is 21.6. The van der Waals surface area contributed by atoms with E-state index >= 15 is 0 Å². The number of amides is 1. The number of benzene rings is 1. The lowest BCUT2D eigenvalue weighted by Gasteiger charge is -2.57. The van der Waals surface area contributed by atoms with Crippen LogP contribution in [0.1, 0.15) is 48.9 Å². The van der Waals surface area contributed by atoms with E-state index in [1.54, 1.807) is 12.1 Å². The van der Waals surface area contributed by atoms with Crippen molar-refractivity contribution >= 4 is 34.6 Å². The number of nitrogens with one attached hydrogen (secondary N) is 2. The van der Waals surface area contributed by atoms with Crippen molar-refractivity contribution in [2.75, 3.05) is 31.2 Å². The first kappa shape index (κ1) is 20.6. The van der Waals surface area contributed by atoms with Gasteiger partial charge in [0.1, 0.15) is 5.69 Å². The summed E-state index contributed by atoms with van der Waals surface area (Å²) in [5.74, 6) is 1.90. The largest absolute Gasteiger partial charge is 0.378 e. The number of ether oxygens (including phenoxy) is 1. The molecule has 5 fully saturated rings. The normalized spacial score (nSPS) is 31.4. The summed E-state index contributed by atoms with van der Waals surface area (Å²) in [6, 6.07) is 4.61. The third-order valence-electron chi connectivity index (χ3n) is 7.43. The molecule has 4 saturated carbocycles. The molecule has 4 bridgehead atoms. The maximum atomic E-state index is 12.8. The molecule has 9 heteroatoms. The highest BCUT2D eigenvalue weighted by Gasteiger charge is 2.51. The number of thiocarbonyl (C=S) groups is 1. The molecule has 0 atom stereocenters. The molecule has 0 unspecified atom stereocenters. The number of nitro groups is 1. The molecule has 1 heterocycles. The molecular weight excluding hydrogens is 416 g/mol. The molecule has 8 nitrogen and oxygen atoms in total. The Balaban J connectivity index is 1.27. The van der Waals surface area contributed by atoms with Crippen molar-refractivity contribution in [3.63, 3.8) is 0 Å². The minimum atomic E-state index is -0.437. The fraction of sp³-hybridized carbons (Fsp3) is 0.636. The number of morpholine rings is 1. The van der Waals surface area contributed by atoms with Crippen LogP contribution >= 0.6 is 12.2 Å². The Labute approximate surface area is 186 Å². The maximum absolute atomic E-state index is 12.8. The topological polar surface area (TPSA) is 96.7 Å². The Morgan fingerprint density at radius 2 is 1.74 bits per heavy atom. The highest BCUT2D eigenvalue weighted by atomic mass is 32.1. The van der Waals surface area contributed by atoms with Crippen LogP contribution in [0.3, 0.4) is 0 Å². The molecule has 1 aromatic carbocycles. The Morgan fingerprint density at radius 3 is 2.32 bits per heavy atom. The van der Waals surface area contributed by atoms with E-state index in [2.05, 4.69) is 10.6 Å². The Hall–Kier alpha value is -2.26. The van der Waals surface area contributed by atoms with E-state index in [9.17, 15) is 14.9 Å². The molecule has 5 aliphatic rings. The van der Waals surface area contributed by atoms with Crippen LogP contribution in [0.5, 0.6) is 0 Å². The Kier molecular flexibility index (Phi) is 5.34. The number of nitrogens with zero attached hydrogens (tertiary/aromatic N) is 2. The standard InChI is InChI=1S/C22H28N4O4S/c27-20(17-1-2-18(19(10-17)26(28)29)25-3-5-30-6-4-25)23-21(31)24-22-11-14-7-15(12-22)9-16(8-14)13-22/h1-2,10,14-16H,3-9,11-13H2,(H2,23,24,27,31). The third kappa shape index (κ3) is 4.13. The van der Waals surface area contributed by atoms with Crippen LogP contribution in [0.4, 0.5) is 11.4 Å². The highest BCUT2D eigenvalue weighted by Crippen LogP contribution is 2.55. The van der Waals surface area contributed by atoms with Crippen molar-refractivity contribution in [1.82, 2.24) is 10.6 Å². The number of anilines is 1. The number of carbonyl (C=O) groups is 1. The van der Waals surface area contributed by atoms with Gasteiger partial charge in [0.15, 0.2) is 5.11 Å². The van der Waals surface area contributed by atoms with Crippen LogP contribution in [0.2, 0.25) is 0 Å². The van der Waals surface area contributed by atoms with Crippen LogP contribution in [0, 0.1) is 27.9 Å². The van der Waals surface area contributed by atoms with E-state index < -0.39 is 10.8 Å². The summed E-state index contributed by atoms with van der Waals surface area (Å²) in [5, 5.41) is 18.2. The van der Waals surface area contributed by atoms with Crippen molar-refractivity contribution in [1.29, 1.82) is 0 Å². The number of carbonyl (C=O) groups excluding carboxylic acids is 1. The average Bonchev–Trinajstić information content (AvgIpc) is 2.72. The fourth-order valence-electron chi connectivity index (χ4n) is 6.59. The molecule has 31 heavy (non-hydrogen) atoms. The zero-order valence-corrected chi connectivity index (χ0v) is 18.3. The molecule has 4 aliphatic carbocycles. The fourth-order valence-corrected chi connectivity index (χ4v) is 6.90. The number of rotatable bonds is 4. The summed E-state index contributed by atoms with van der Waals surface area (Å²) in [4.78, 5) is 25.9. The summed E-state index contributed by atoms with van der Waals surface area (Å²) >= 11 is 5.48. The molecule has 0 aromatic heterocycles. The Morgan fingerprint density at radius 1 is 1.13 bits per heavy atom. The minimum absolute atomic E-state index is 0.00526. The second kappa shape index (κ2) is 8.02. The average molecular weight is 445 g/mol. The van der Waals surface area contributed by atoms with Crippen LogP contribution < -0.4 is 15.5 Å². The number of hydrogen-bond acceptors (Lipinski definition) is 6. The van der Waals surface area contributed by atoms with E-state index in [1.807, 2.05) is 4.90 Å².